The molecule has 0 heterocycles. The van der Waals surface area contributed by atoms with E-state index in [0.29, 0.717) is 5.92 Å². The average Bonchev–Trinajstić information content (AvgIpc) is 2.97. The zero-order valence-electron chi connectivity index (χ0n) is 28.5. The minimum atomic E-state index is -2.39. The second kappa shape index (κ2) is 22.1. The normalized spacial score (nSPS) is 17.8. The van der Waals surface area contributed by atoms with Gasteiger partial charge in [-0.3, -0.25) is 0 Å². The Labute approximate surface area is 257 Å². The Hall–Kier alpha value is 1.56. The molecule has 0 aromatic heterocycles. The molecule has 0 bridgehead atoms. The molecule has 1 fully saturated rings. The quantitative estimate of drug-likeness (QED) is 0.0919. The van der Waals surface area contributed by atoms with Crippen LogP contribution in [0.25, 0.3) is 0 Å². The van der Waals surface area contributed by atoms with Crippen LogP contribution >= 0.6 is 0 Å². The van der Waals surface area contributed by atoms with Crippen molar-refractivity contribution < 1.29 is 5.11 Å². The summed E-state index contributed by atoms with van der Waals surface area (Å²) < 4.78 is 12.8. The maximum atomic E-state index is 12.4. The Morgan fingerprint density at radius 1 is 0.564 bits per heavy atom. The number of hydrogen-bond donors (Lipinski definition) is 1. The fourth-order valence-electron chi connectivity index (χ4n) is 8.47. The van der Waals surface area contributed by atoms with E-state index in [0.717, 1.165) is 0 Å². The van der Waals surface area contributed by atoms with Gasteiger partial charge in [0, 0.05) is 0 Å². The molecular weight excluding hydrogens is 686 g/mol. The first-order chi connectivity index (χ1) is 18.8. The van der Waals surface area contributed by atoms with Gasteiger partial charge in [-0.2, -0.15) is 0 Å². The number of aliphatic hydroxyl groups is 1. The Bertz CT molecular complexity index is 529. The fraction of sp³-hybridized carbons (Fsp3) is 1.00. The molecule has 1 aliphatic rings. The molecule has 0 unspecified atom stereocenters. The van der Waals surface area contributed by atoms with Gasteiger partial charge in [-0.05, 0) is 0 Å². The Kier molecular flexibility index (Phi) is 21.9. The van der Waals surface area contributed by atoms with Gasteiger partial charge in [0.25, 0.3) is 0 Å². The monoisotopic (exact) mass is 764 g/mol. The number of rotatable bonds is 25. The van der Waals surface area contributed by atoms with Crippen molar-refractivity contribution in [3.05, 3.63) is 0 Å². The summed E-state index contributed by atoms with van der Waals surface area (Å²) in [6.45, 7) is 17.2. The second-order valence-corrected chi connectivity index (χ2v) is 42.9. The molecule has 1 rings (SSSR count). The molecule has 234 valence electrons. The molecule has 0 aromatic carbocycles. The van der Waals surface area contributed by atoms with Gasteiger partial charge in [0.15, 0.2) is 0 Å². The molecule has 1 aliphatic carbocycles. The third-order valence-corrected chi connectivity index (χ3v) is 43.6. The third-order valence-electron chi connectivity index (χ3n) is 11.2. The molecule has 1 N–H and O–H groups in total. The van der Waals surface area contributed by atoms with Crippen molar-refractivity contribution in [1.82, 2.24) is 0 Å². The second-order valence-electron chi connectivity index (χ2n) is 14.8. The maximum absolute atomic E-state index is 12.4. The van der Waals surface area contributed by atoms with Gasteiger partial charge in [0.2, 0.25) is 0 Å². The van der Waals surface area contributed by atoms with Gasteiger partial charge in [-0.15, -0.1) is 0 Å². The van der Waals surface area contributed by atoms with Crippen molar-refractivity contribution in [2.45, 2.75) is 206 Å². The van der Waals surface area contributed by atoms with Gasteiger partial charge in [0.1, 0.15) is 0 Å². The van der Waals surface area contributed by atoms with E-state index in [9.17, 15) is 5.11 Å². The predicted octanol–water partition coefficient (Wildman–Crippen LogP) is 13.0. The molecule has 0 saturated heterocycles. The van der Waals surface area contributed by atoms with Gasteiger partial charge >= 0.3 is 259 Å². The third kappa shape index (κ3) is 14.3. The minimum absolute atomic E-state index is 0.0359. The van der Waals surface area contributed by atoms with E-state index in [4.69, 9.17) is 0 Å². The average molecular weight is 762 g/mol. The molecule has 39 heavy (non-hydrogen) atoms. The standard InChI is InChI=1S/C12H22O.6C4H9.2Sn/c1-4-12(2,3)11(13)10-8-6-5-7-9-10;6*1-3-4-2;;/h10-11,13H,1-2,4-9H2,3H3;6*1,3-4H2,2H3;;/t11-,12-;;;;;;;;/m0......../s1. The van der Waals surface area contributed by atoms with E-state index in [1.165, 1.54) is 120 Å². The summed E-state index contributed by atoms with van der Waals surface area (Å²) in [6, 6.07) is 0. The summed E-state index contributed by atoms with van der Waals surface area (Å²) in [5, 5.41) is 12.4. The van der Waals surface area contributed by atoms with Crippen LogP contribution in [0.3, 0.4) is 0 Å². The van der Waals surface area contributed by atoms with Crippen LogP contribution in [0.5, 0.6) is 0 Å². The first-order valence-electron chi connectivity index (χ1n) is 18.5. The molecule has 1 nitrogen and oxygen atoms in total. The number of aliphatic hydroxyl groups excluding tert-OH is 1. The summed E-state index contributed by atoms with van der Waals surface area (Å²) in [5.74, 6) is 0.586. The predicted molar refractivity (Wildman–Crippen MR) is 185 cm³/mol. The van der Waals surface area contributed by atoms with E-state index < -0.39 is 36.8 Å². The van der Waals surface area contributed by atoms with Crippen molar-refractivity contribution in [2.75, 3.05) is 0 Å². The van der Waals surface area contributed by atoms with Crippen molar-refractivity contribution in [3.63, 3.8) is 0 Å². The van der Waals surface area contributed by atoms with E-state index in [-0.39, 0.29) is 11.5 Å². The zero-order chi connectivity index (χ0) is 29.0. The molecule has 0 aliphatic heterocycles. The Balaban J connectivity index is 3.42. The summed E-state index contributed by atoms with van der Waals surface area (Å²) >= 11 is -4.62. The molecule has 0 radical (unpaired) electrons. The molecule has 3 heteroatoms. The van der Waals surface area contributed by atoms with Crippen LogP contribution in [-0.2, 0) is 0 Å². The van der Waals surface area contributed by atoms with Gasteiger partial charge < -0.3 is 0 Å². The first kappa shape index (κ1) is 38.6. The number of unbranched alkanes of at least 4 members (excludes halogenated alkanes) is 6. The summed E-state index contributed by atoms with van der Waals surface area (Å²) in [6.07, 6.45) is 25.2. The van der Waals surface area contributed by atoms with Crippen LogP contribution in [0.1, 0.15) is 164 Å². The molecule has 0 amide bonds. The van der Waals surface area contributed by atoms with Crippen molar-refractivity contribution >= 4 is 36.8 Å². The molecule has 2 atom stereocenters. The summed E-state index contributed by atoms with van der Waals surface area (Å²) in [4.78, 5) is 0. The van der Waals surface area contributed by atoms with E-state index >= 15 is 0 Å². The van der Waals surface area contributed by atoms with E-state index in [1.807, 2.05) is 0 Å². The van der Waals surface area contributed by atoms with Crippen LogP contribution in [-0.4, -0.2) is 48.0 Å². The first-order valence-corrected chi connectivity index (χ1v) is 34.6. The van der Waals surface area contributed by atoms with Crippen molar-refractivity contribution in [1.29, 1.82) is 0 Å². The van der Waals surface area contributed by atoms with Crippen molar-refractivity contribution in [3.8, 4) is 0 Å². The summed E-state index contributed by atoms with van der Waals surface area (Å²) in [5.41, 5.74) is 0.195. The topological polar surface area (TPSA) is 20.2 Å². The van der Waals surface area contributed by atoms with Crippen LogP contribution in [0.15, 0.2) is 0 Å². The van der Waals surface area contributed by atoms with Gasteiger partial charge in [-0.25, -0.2) is 0 Å². The van der Waals surface area contributed by atoms with E-state index in [1.54, 1.807) is 31.1 Å². The molecular formula is C36H76OSn2. The van der Waals surface area contributed by atoms with Crippen LogP contribution in [0.4, 0.5) is 0 Å². The van der Waals surface area contributed by atoms with E-state index in [2.05, 4.69) is 48.5 Å². The fourth-order valence-corrected chi connectivity index (χ4v) is 44.4. The van der Waals surface area contributed by atoms with Crippen molar-refractivity contribution in [2.24, 2.45) is 11.3 Å². The molecule has 1 saturated carbocycles. The Morgan fingerprint density at radius 2 is 0.923 bits per heavy atom. The molecule has 0 spiro atoms. The summed E-state index contributed by atoms with van der Waals surface area (Å²) in [7, 11) is 0. The van der Waals surface area contributed by atoms with Crippen LogP contribution < -0.4 is 0 Å². The number of hydrogen-bond acceptors (Lipinski definition) is 1. The van der Waals surface area contributed by atoms with Crippen LogP contribution in [0, 0.1) is 11.3 Å². The molecule has 0 aromatic rings. The SMILES string of the molecule is CCC[CH2][Sn]([CH2]CCC)([CH2]CCC)[CH2]C[C@@](C)([CH2][Sn]([CH2]CCC)([CH2]CCC)[CH2]CCC)[C@@H](O)C1CCCCC1. The van der Waals surface area contributed by atoms with Gasteiger partial charge in [-0.1, -0.05) is 0 Å². The van der Waals surface area contributed by atoms with Gasteiger partial charge in [0.05, 0.1) is 0 Å². The Morgan fingerprint density at radius 3 is 1.28 bits per heavy atom. The zero-order valence-corrected chi connectivity index (χ0v) is 34.2. The van der Waals surface area contributed by atoms with Crippen LogP contribution in [0.2, 0.25) is 35.5 Å².